The van der Waals surface area contributed by atoms with Crippen molar-refractivity contribution in [2.45, 2.75) is 26.2 Å². The van der Waals surface area contributed by atoms with Gasteiger partial charge in [0.15, 0.2) is 0 Å². The molecule has 0 fully saturated rings. The lowest BCUT2D eigenvalue weighted by Crippen LogP contribution is -2.03. The molecule has 0 spiro atoms. The number of rotatable bonds is 3. The lowest BCUT2D eigenvalue weighted by atomic mass is 9.95. The summed E-state index contributed by atoms with van der Waals surface area (Å²) in [6, 6.07) is 3.30. The largest absolute Gasteiger partial charge is 0.300 e. The smallest absolute Gasteiger partial charge is 0.130 e. The van der Waals surface area contributed by atoms with Crippen molar-refractivity contribution in [3.8, 4) is 0 Å². The van der Waals surface area contributed by atoms with E-state index in [1.807, 2.05) is 0 Å². The summed E-state index contributed by atoms with van der Waals surface area (Å²) in [7, 11) is 0. The van der Waals surface area contributed by atoms with E-state index in [2.05, 4.69) is 0 Å². The Bertz CT molecular complexity index is 347. The third-order valence-electron chi connectivity index (χ3n) is 2.08. The van der Waals surface area contributed by atoms with Gasteiger partial charge in [-0.2, -0.15) is 0 Å². The summed E-state index contributed by atoms with van der Waals surface area (Å²) in [6.07, 6.45) is 0.236. The van der Waals surface area contributed by atoms with Crippen molar-refractivity contribution in [3.05, 3.63) is 35.4 Å². The SMILES string of the molecule is CC(=O)CC(C)c1cc(F)ccc1F. The van der Waals surface area contributed by atoms with Crippen LogP contribution >= 0.6 is 0 Å². The molecule has 0 radical (unpaired) electrons. The fourth-order valence-electron chi connectivity index (χ4n) is 1.43. The molecule has 0 saturated carbocycles. The molecule has 0 aliphatic rings. The molecule has 1 aromatic rings. The first kappa shape index (κ1) is 10.8. The van der Waals surface area contributed by atoms with Crippen LogP contribution in [0.5, 0.6) is 0 Å². The Labute approximate surface area is 81.7 Å². The molecular formula is C11H12F2O. The zero-order valence-electron chi connectivity index (χ0n) is 8.18. The van der Waals surface area contributed by atoms with Crippen LogP contribution in [0.25, 0.3) is 0 Å². The zero-order valence-corrected chi connectivity index (χ0v) is 8.18. The van der Waals surface area contributed by atoms with E-state index in [9.17, 15) is 13.6 Å². The maximum Gasteiger partial charge on any atom is 0.130 e. The van der Waals surface area contributed by atoms with Crippen LogP contribution in [0.3, 0.4) is 0 Å². The number of carbonyl (C=O) groups is 1. The van der Waals surface area contributed by atoms with Gasteiger partial charge in [-0.1, -0.05) is 6.92 Å². The summed E-state index contributed by atoms with van der Waals surface area (Å²) in [5, 5.41) is 0. The Morgan fingerprint density at radius 1 is 1.43 bits per heavy atom. The molecule has 0 aliphatic heterocycles. The molecular weight excluding hydrogens is 186 g/mol. The molecule has 3 heteroatoms. The average Bonchev–Trinajstić information content (AvgIpc) is 2.08. The van der Waals surface area contributed by atoms with Crippen molar-refractivity contribution < 1.29 is 13.6 Å². The summed E-state index contributed by atoms with van der Waals surface area (Å²) in [5.41, 5.74) is 0.264. The van der Waals surface area contributed by atoms with Crippen molar-refractivity contribution in [1.29, 1.82) is 0 Å². The number of benzene rings is 1. The van der Waals surface area contributed by atoms with Crippen molar-refractivity contribution in [2.24, 2.45) is 0 Å². The van der Waals surface area contributed by atoms with Gasteiger partial charge in [-0.25, -0.2) is 8.78 Å². The van der Waals surface area contributed by atoms with Gasteiger partial charge in [0.05, 0.1) is 0 Å². The molecule has 0 aromatic heterocycles. The molecule has 76 valence electrons. The predicted molar refractivity (Wildman–Crippen MR) is 50.1 cm³/mol. The quantitative estimate of drug-likeness (QED) is 0.729. The maximum atomic E-state index is 13.2. The van der Waals surface area contributed by atoms with Gasteiger partial charge in [-0.05, 0) is 36.6 Å². The Morgan fingerprint density at radius 2 is 2.07 bits per heavy atom. The molecule has 0 aliphatic carbocycles. The van der Waals surface area contributed by atoms with Gasteiger partial charge in [0.25, 0.3) is 0 Å². The van der Waals surface area contributed by atoms with Gasteiger partial charge in [0, 0.05) is 6.42 Å². The molecule has 0 heterocycles. The molecule has 0 saturated heterocycles. The first-order valence-corrected chi connectivity index (χ1v) is 4.45. The minimum atomic E-state index is -0.475. The summed E-state index contributed by atoms with van der Waals surface area (Å²) in [4.78, 5) is 10.8. The van der Waals surface area contributed by atoms with Gasteiger partial charge in [0.1, 0.15) is 17.4 Å². The van der Waals surface area contributed by atoms with E-state index in [0.717, 1.165) is 18.2 Å². The van der Waals surface area contributed by atoms with Crippen LogP contribution in [0, 0.1) is 11.6 Å². The van der Waals surface area contributed by atoms with Gasteiger partial charge >= 0.3 is 0 Å². The maximum absolute atomic E-state index is 13.2. The summed E-state index contributed by atoms with van der Waals surface area (Å²) < 4.78 is 26.0. The molecule has 1 nitrogen and oxygen atoms in total. The molecule has 0 amide bonds. The first-order chi connectivity index (χ1) is 6.50. The number of Topliss-reactive ketones (excluding diaryl/α,β-unsaturated/α-hetero) is 1. The van der Waals surface area contributed by atoms with Crippen molar-refractivity contribution >= 4 is 5.78 Å². The highest BCUT2D eigenvalue weighted by atomic mass is 19.1. The summed E-state index contributed by atoms with van der Waals surface area (Å²) in [5.74, 6) is -1.23. The normalized spacial score (nSPS) is 12.6. The van der Waals surface area contributed by atoms with Crippen molar-refractivity contribution in [2.75, 3.05) is 0 Å². The highest BCUT2D eigenvalue weighted by Crippen LogP contribution is 2.22. The number of hydrogen-bond acceptors (Lipinski definition) is 1. The molecule has 14 heavy (non-hydrogen) atoms. The predicted octanol–water partition coefficient (Wildman–Crippen LogP) is 3.05. The van der Waals surface area contributed by atoms with E-state index < -0.39 is 11.6 Å². The fourth-order valence-corrected chi connectivity index (χ4v) is 1.43. The highest BCUT2D eigenvalue weighted by Gasteiger charge is 2.13. The van der Waals surface area contributed by atoms with E-state index in [0.29, 0.717) is 0 Å². The molecule has 1 unspecified atom stereocenters. The highest BCUT2D eigenvalue weighted by molar-refractivity contribution is 5.76. The second-order valence-corrected chi connectivity index (χ2v) is 3.47. The molecule has 1 aromatic carbocycles. The monoisotopic (exact) mass is 198 g/mol. The Hall–Kier alpha value is -1.25. The number of halogens is 2. The summed E-state index contributed by atoms with van der Waals surface area (Å²) in [6.45, 7) is 3.15. The second kappa shape index (κ2) is 4.31. The van der Waals surface area contributed by atoms with Gasteiger partial charge in [-0.3, -0.25) is 0 Å². The van der Waals surface area contributed by atoms with Crippen molar-refractivity contribution in [3.63, 3.8) is 0 Å². The first-order valence-electron chi connectivity index (χ1n) is 4.45. The van der Waals surface area contributed by atoms with E-state index in [1.54, 1.807) is 6.92 Å². The summed E-state index contributed by atoms with van der Waals surface area (Å²) >= 11 is 0. The average molecular weight is 198 g/mol. The third-order valence-corrected chi connectivity index (χ3v) is 2.08. The minimum Gasteiger partial charge on any atom is -0.300 e. The molecule has 0 N–H and O–H groups in total. The van der Waals surface area contributed by atoms with Gasteiger partial charge in [0.2, 0.25) is 0 Å². The number of ketones is 1. The molecule has 0 bridgehead atoms. The Morgan fingerprint density at radius 3 is 2.64 bits per heavy atom. The number of hydrogen-bond donors (Lipinski definition) is 0. The van der Waals surface area contributed by atoms with E-state index in [4.69, 9.17) is 0 Å². The van der Waals surface area contributed by atoms with Gasteiger partial charge < -0.3 is 4.79 Å². The lowest BCUT2D eigenvalue weighted by Gasteiger charge is -2.10. The van der Waals surface area contributed by atoms with Crippen LogP contribution < -0.4 is 0 Å². The van der Waals surface area contributed by atoms with Gasteiger partial charge in [-0.15, -0.1) is 0 Å². The van der Waals surface area contributed by atoms with E-state index in [1.165, 1.54) is 6.92 Å². The van der Waals surface area contributed by atoms with Crippen LogP contribution in [0.1, 0.15) is 31.7 Å². The Balaban J connectivity index is 2.93. The minimum absolute atomic E-state index is 0.0267. The standard InChI is InChI=1S/C11H12F2O/c1-7(5-8(2)14)10-6-9(12)3-4-11(10)13/h3-4,6-7H,5H2,1-2H3. The van der Waals surface area contributed by atoms with Crippen LogP contribution in [-0.2, 0) is 4.79 Å². The lowest BCUT2D eigenvalue weighted by molar-refractivity contribution is -0.117. The van der Waals surface area contributed by atoms with Crippen LogP contribution in [0.2, 0.25) is 0 Å². The molecule has 1 atom stereocenters. The van der Waals surface area contributed by atoms with Crippen LogP contribution in [0.4, 0.5) is 8.78 Å². The van der Waals surface area contributed by atoms with Crippen LogP contribution in [0.15, 0.2) is 18.2 Å². The fraction of sp³-hybridized carbons (Fsp3) is 0.364. The van der Waals surface area contributed by atoms with Crippen LogP contribution in [-0.4, -0.2) is 5.78 Å². The zero-order chi connectivity index (χ0) is 10.7. The topological polar surface area (TPSA) is 17.1 Å². The third kappa shape index (κ3) is 2.62. The second-order valence-electron chi connectivity index (χ2n) is 3.47. The number of carbonyl (C=O) groups excluding carboxylic acids is 1. The molecule has 1 rings (SSSR count). The van der Waals surface area contributed by atoms with E-state index >= 15 is 0 Å². The Kier molecular flexibility index (Phi) is 3.33. The van der Waals surface area contributed by atoms with E-state index in [-0.39, 0.29) is 23.7 Å². The van der Waals surface area contributed by atoms with Crippen molar-refractivity contribution in [1.82, 2.24) is 0 Å².